The van der Waals surface area contributed by atoms with Gasteiger partial charge >= 0.3 is 0 Å². The molecule has 0 saturated carbocycles. The molecule has 1 unspecified atom stereocenters. The maximum atomic E-state index is 3.50. The summed E-state index contributed by atoms with van der Waals surface area (Å²) in [6, 6.07) is 3.00. The summed E-state index contributed by atoms with van der Waals surface area (Å²) < 4.78 is 0. The Morgan fingerprint density at radius 1 is 1.43 bits per heavy atom. The lowest BCUT2D eigenvalue weighted by Gasteiger charge is -2.07. The quantitative estimate of drug-likeness (QED) is 0.695. The van der Waals surface area contributed by atoms with E-state index in [1.54, 1.807) is 10.4 Å². The molecule has 0 saturated heterocycles. The Balaban J connectivity index is 0.000000461. The van der Waals surface area contributed by atoms with Crippen LogP contribution >= 0.6 is 11.3 Å². The van der Waals surface area contributed by atoms with E-state index in [1.165, 1.54) is 17.7 Å². The first kappa shape index (κ1) is 11.7. The smallest absolute Gasteiger partial charge is 0.00932 e. The summed E-state index contributed by atoms with van der Waals surface area (Å²) in [5.41, 5.74) is 1.58. The van der Waals surface area contributed by atoms with Gasteiger partial charge in [-0.15, -0.1) is 11.3 Å². The van der Waals surface area contributed by atoms with E-state index in [0.29, 0.717) is 6.04 Å². The molecule has 1 atom stereocenters. The summed E-state index contributed by atoms with van der Waals surface area (Å²) in [7, 11) is 0. The average molecular weight is 211 g/mol. The van der Waals surface area contributed by atoms with Gasteiger partial charge in [-0.3, -0.25) is 0 Å². The summed E-state index contributed by atoms with van der Waals surface area (Å²) in [5, 5.41) is 3.50. The average Bonchev–Trinajstić information content (AvgIpc) is 2.41. The second kappa shape index (κ2) is 5.52. The van der Waals surface area contributed by atoms with Crippen molar-refractivity contribution in [1.29, 1.82) is 0 Å². The van der Waals surface area contributed by atoms with Crippen molar-refractivity contribution in [2.75, 3.05) is 6.54 Å². The SMILES string of the molecule is CC.Cc1cc2c(s1)CCNC(C)C2. The van der Waals surface area contributed by atoms with Gasteiger partial charge in [-0.05, 0) is 38.3 Å². The lowest BCUT2D eigenvalue weighted by Crippen LogP contribution is -2.27. The Morgan fingerprint density at radius 3 is 2.86 bits per heavy atom. The van der Waals surface area contributed by atoms with Gasteiger partial charge in [0.2, 0.25) is 0 Å². The van der Waals surface area contributed by atoms with Crippen molar-refractivity contribution >= 4 is 11.3 Å². The van der Waals surface area contributed by atoms with Gasteiger partial charge in [-0.2, -0.15) is 0 Å². The lowest BCUT2D eigenvalue weighted by atomic mass is 10.1. The van der Waals surface area contributed by atoms with Crippen LogP contribution in [0.2, 0.25) is 0 Å². The van der Waals surface area contributed by atoms with E-state index in [0.717, 1.165) is 6.54 Å². The van der Waals surface area contributed by atoms with E-state index in [-0.39, 0.29) is 0 Å². The van der Waals surface area contributed by atoms with Crippen LogP contribution in [-0.4, -0.2) is 12.6 Å². The highest BCUT2D eigenvalue weighted by Crippen LogP contribution is 2.24. The van der Waals surface area contributed by atoms with Gasteiger partial charge in [0.05, 0.1) is 0 Å². The molecule has 0 bridgehead atoms. The summed E-state index contributed by atoms with van der Waals surface area (Å²) in [6.07, 6.45) is 2.43. The molecule has 2 heterocycles. The van der Waals surface area contributed by atoms with Crippen molar-refractivity contribution in [3.8, 4) is 0 Å². The highest BCUT2D eigenvalue weighted by molar-refractivity contribution is 7.12. The summed E-state index contributed by atoms with van der Waals surface area (Å²) >= 11 is 1.97. The monoisotopic (exact) mass is 211 g/mol. The molecule has 0 aliphatic carbocycles. The third-order valence-corrected chi connectivity index (χ3v) is 3.54. The van der Waals surface area contributed by atoms with Gasteiger partial charge in [0.25, 0.3) is 0 Å². The van der Waals surface area contributed by atoms with E-state index in [2.05, 4.69) is 25.2 Å². The zero-order valence-electron chi connectivity index (χ0n) is 9.68. The number of fused-ring (bicyclic) bond motifs is 1. The first-order valence-electron chi connectivity index (χ1n) is 5.57. The highest BCUT2D eigenvalue weighted by atomic mass is 32.1. The molecule has 1 aromatic heterocycles. The molecular formula is C12H21NS. The van der Waals surface area contributed by atoms with Crippen LogP contribution in [-0.2, 0) is 12.8 Å². The standard InChI is InChI=1S/C10H15NS.C2H6/c1-7-5-9-6-8(2)12-10(9)3-4-11-7;1-2/h6-7,11H,3-5H2,1-2H3;1-2H3. The number of hydrogen-bond donors (Lipinski definition) is 1. The molecule has 1 aliphatic heterocycles. The van der Waals surface area contributed by atoms with Crippen LogP contribution in [0.1, 0.15) is 36.1 Å². The maximum Gasteiger partial charge on any atom is 0.00932 e. The van der Waals surface area contributed by atoms with Crippen molar-refractivity contribution in [3.63, 3.8) is 0 Å². The first-order chi connectivity index (χ1) is 6.75. The molecule has 0 amide bonds. The molecule has 80 valence electrons. The fraction of sp³-hybridized carbons (Fsp3) is 0.667. The number of aryl methyl sites for hydroxylation is 1. The van der Waals surface area contributed by atoms with Crippen molar-refractivity contribution in [3.05, 3.63) is 21.4 Å². The van der Waals surface area contributed by atoms with Crippen molar-refractivity contribution in [2.45, 2.75) is 46.6 Å². The summed E-state index contributed by atoms with van der Waals surface area (Å²) in [4.78, 5) is 3.07. The van der Waals surface area contributed by atoms with Crippen molar-refractivity contribution < 1.29 is 0 Å². The second-order valence-electron chi connectivity index (χ2n) is 3.61. The minimum atomic E-state index is 0.653. The van der Waals surface area contributed by atoms with E-state index >= 15 is 0 Å². The number of rotatable bonds is 0. The van der Waals surface area contributed by atoms with Crippen LogP contribution in [0.5, 0.6) is 0 Å². The van der Waals surface area contributed by atoms with Crippen LogP contribution in [0.3, 0.4) is 0 Å². The summed E-state index contributed by atoms with van der Waals surface area (Å²) in [5.74, 6) is 0. The predicted octanol–water partition coefficient (Wildman–Crippen LogP) is 3.16. The van der Waals surface area contributed by atoms with Gasteiger partial charge in [0, 0.05) is 22.3 Å². The fourth-order valence-electron chi connectivity index (χ4n) is 1.83. The largest absolute Gasteiger partial charge is 0.314 e. The molecule has 0 radical (unpaired) electrons. The number of hydrogen-bond acceptors (Lipinski definition) is 2. The Kier molecular flexibility index (Phi) is 4.63. The van der Waals surface area contributed by atoms with Crippen LogP contribution in [0.15, 0.2) is 6.07 Å². The molecule has 1 nitrogen and oxygen atoms in total. The fourth-order valence-corrected chi connectivity index (χ4v) is 2.90. The molecular weight excluding hydrogens is 190 g/mol. The van der Waals surface area contributed by atoms with Gasteiger partial charge < -0.3 is 5.32 Å². The van der Waals surface area contributed by atoms with E-state index in [4.69, 9.17) is 0 Å². The Morgan fingerprint density at radius 2 is 2.14 bits per heavy atom. The molecule has 1 aromatic rings. The second-order valence-corrected chi connectivity index (χ2v) is 4.96. The van der Waals surface area contributed by atoms with Gasteiger partial charge in [0.1, 0.15) is 0 Å². The topological polar surface area (TPSA) is 12.0 Å². The zero-order chi connectivity index (χ0) is 10.6. The summed E-state index contributed by atoms with van der Waals surface area (Å²) in [6.45, 7) is 9.62. The van der Waals surface area contributed by atoms with Crippen LogP contribution in [0.25, 0.3) is 0 Å². The van der Waals surface area contributed by atoms with E-state index in [9.17, 15) is 0 Å². The molecule has 2 heteroatoms. The molecule has 2 rings (SSSR count). The third kappa shape index (κ3) is 2.82. The Bertz CT molecular complexity index is 278. The van der Waals surface area contributed by atoms with E-state index < -0.39 is 0 Å². The van der Waals surface area contributed by atoms with Crippen molar-refractivity contribution in [1.82, 2.24) is 5.32 Å². The normalized spacial score (nSPS) is 20.4. The first-order valence-corrected chi connectivity index (χ1v) is 6.39. The van der Waals surface area contributed by atoms with Crippen LogP contribution in [0, 0.1) is 6.92 Å². The molecule has 0 spiro atoms. The number of thiophene rings is 1. The molecule has 1 aliphatic rings. The Labute approximate surface area is 91.5 Å². The molecule has 0 fully saturated rings. The van der Waals surface area contributed by atoms with Gasteiger partial charge in [0.15, 0.2) is 0 Å². The lowest BCUT2D eigenvalue weighted by molar-refractivity contribution is 0.568. The van der Waals surface area contributed by atoms with Crippen LogP contribution < -0.4 is 5.32 Å². The molecule has 1 N–H and O–H groups in total. The van der Waals surface area contributed by atoms with E-state index in [1.807, 2.05) is 25.2 Å². The predicted molar refractivity (Wildman–Crippen MR) is 65.3 cm³/mol. The maximum absolute atomic E-state index is 3.50. The minimum absolute atomic E-state index is 0.653. The molecule has 14 heavy (non-hydrogen) atoms. The Hall–Kier alpha value is -0.340. The van der Waals surface area contributed by atoms with Gasteiger partial charge in [-0.1, -0.05) is 13.8 Å². The number of nitrogens with one attached hydrogen (secondary N) is 1. The third-order valence-electron chi connectivity index (χ3n) is 2.39. The van der Waals surface area contributed by atoms with Crippen molar-refractivity contribution in [2.24, 2.45) is 0 Å². The molecule has 0 aromatic carbocycles. The zero-order valence-corrected chi connectivity index (χ0v) is 10.5. The van der Waals surface area contributed by atoms with Gasteiger partial charge in [-0.25, -0.2) is 0 Å². The van der Waals surface area contributed by atoms with Crippen LogP contribution in [0.4, 0.5) is 0 Å². The highest BCUT2D eigenvalue weighted by Gasteiger charge is 2.14. The minimum Gasteiger partial charge on any atom is -0.314 e.